The van der Waals surface area contributed by atoms with E-state index in [1.165, 1.54) is 57.5 Å². The number of hydrogen-bond acceptors (Lipinski definition) is 5. The van der Waals surface area contributed by atoms with Crippen molar-refractivity contribution in [3.8, 4) is 11.6 Å². The summed E-state index contributed by atoms with van der Waals surface area (Å²) in [6, 6.07) is 9.80. The molecule has 2 saturated heterocycles. The minimum atomic E-state index is -0.281. The van der Waals surface area contributed by atoms with Gasteiger partial charge in [-0.15, -0.1) is 5.10 Å². The SMILES string of the molecule is Fc1ccc(Oc2ccc(CC3C[C@@H]4CN(CC5CCOCC5)C[C@@H]4C3)nn2)cc1. The van der Waals surface area contributed by atoms with Gasteiger partial charge < -0.3 is 14.4 Å². The quantitative estimate of drug-likeness (QED) is 0.708. The number of hydrogen-bond donors (Lipinski definition) is 0. The summed E-state index contributed by atoms with van der Waals surface area (Å²) in [7, 11) is 0. The second-order valence-corrected chi connectivity index (χ2v) is 9.25. The molecule has 0 radical (unpaired) electrons. The fourth-order valence-corrected chi connectivity index (χ4v) is 5.56. The van der Waals surface area contributed by atoms with E-state index >= 15 is 0 Å². The number of benzene rings is 1. The van der Waals surface area contributed by atoms with Crippen molar-refractivity contribution >= 4 is 0 Å². The van der Waals surface area contributed by atoms with Gasteiger partial charge in [0.25, 0.3) is 0 Å². The normalized spacial score (nSPS) is 27.3. The van der Waals surface area contributed by atoms with E-state index in [1.807, 2.05) is 12.1 Å². The van der Waals surface area contributed by atoms with E-state index in [1.54, 1.807) is 12.1 Å². The van der Waals surface area contributed by atoms with E-state index in [0.29, 0.717) is 17.5 Å². The third-order valence-electron chi connectivity index (χ3n) is 7.01. The van der Waals surface area contributed by atoms with Crippen LogP contribution in [0.15, 0.2) is 36.4 Å². The van der Waals surface area contributed by atoms with Crippen LogP contribution in [-0.4, -0.2) is 47.9 Å². The topological polar surface area (TPSA) is 47.5 Å². The number of rotatable bonds is 6. The monoisotopic (exact) mass is 411 g/mol. The van der Waals surface area contributed by atoms with Crippen molar-refractivity contribution in [1.29, 1.82) is 0 Å². The molecular formula is C24H30FN3O2. The van der Waals surface area contributed by atoms with Crippen molar-refractivity contribution in [3.05, 3.63) is 47.9 Å². The van der Waals surface area contributed by atoms with Crippen molar-refractivity contribution in [3.63, 3.8) is 0 Å². The third-order valence-corrected chi connectivity index (χ3v) is 7.01. The van der Waals surface area contributed by atoms with Crippen molar-refractivity contribution in [1.82, 2.24) is 15.1 Å². The zero-order valence-electron chi connectivity index (χ0n) is 17.4. The van der Waals surface area contributed by atoms with Gasteiger partial charge in [0, 0.05) is 38.9 Å². The maximum atomic E-state index is 13.0. The molecule has 1 unspecified atom stereocenters. The molecule has 3 aliphatic rings. The lowest BCUT2D eigenvalue weighted by molar-refractivity contribution is 0.0544. The fraction of sp³-hybridized carbons (Fsp3) is 0.583. The molecule has 3 atom stereocenters. The number of ether oxygens (including phenoxy) is 2. The maximum absolute atomic E-state index is 13.0. The van der Waals surface area contributed by atoms with Crippen molar-refractivity contribution in [2.45, 2.75) is 32.1 Å². The Morgan fingerprint density at radius 2 is 1.67 bits per heavy atom. The summed E-state index contributed by atoms with van der Waals surface area (Å²) >= 11 is 0. The van der Waals surface area contributed by atoms with E-state index in [-0.39, 0.29) is 5.82 Å². The van der Waals surface area contributed by atoms with Gasteiger partial charge in [-0.1, -0.05) is 0 Å². The van der Waals surface area contributed by atoms with Crippen LogP contribution in [0.25, 0.3) is 0 Å². The maximum Gasteiger partial charge on any atom is 0.238 e. The minimum Gasteiger partial charge on any atom is -0.438 e. The van der Waals surface area contributed by atoms with Crippen LogP contribution in [-0.2, 0) is 11.2 Å². The van der Waals surface area contributed by atoms with Gasteiger partial charge in [-0.05, 0) is 86.1 Å². The molecule has 160 valence electrons. The molecule has 2 aromatic rings. The number of nitrogens with zero attached hydrogens (tertiary/aromatic N) is 3. The summed E-state index contributed by atoms with van der Waals surface area (Å²) in [5, 5.41) is 8.57. The number of likely N-dealkylation sites (tertiary alicyclic amines) is 1. The molecular weight excluding hydrogens is 381 g/mol. The Balaban J connectivity index is 1.09. The highest BCUT2D eigenvalue weighted by atomic mass is 19.1. The second-order valence-electron chi connectivity index (χ2n) is 9.25. The fourth-order valence-electron chi connectivity index (χ4n) is 5.56. The van der Waals surface area contributed by atoms with Crippen molar-refractivity contribution in [2.24, 2.45) is 23.7 Å². The van der Waals surface area contributed by atoms with E-state index in [4.69, 9.17) is 9.47 Å². The highest BCUT2D eigenvalue weighted by Crippen LogP contribution is 2.43. The van der Waals surface area contributed by atoms with Gasteiger partial charge in [-0.3, -0.25) is 0 Å². The molecule has 3 fully saturated rings. The standard InChI is InChI=1S/C24H30FN3O2/c25-21-1-4-23(5-2-21)30-24-6-3-22(26-27-24)13-18-11-19-15-28(16-20(19)12-18)14-17-7-9-29-10-8-17/h1-6,17-20H,7-16H2/t18?,19-,20+. The zero-order valence-corrected chi connectivity index (χ0v) is 17.4. The van der Waals surface area contributed by atoms with Gasteiger partial charge in [0.05, 0.1) is 5.69 Å². The lowest BCUT2D eigenvalue weighted by atomic mass is 9.98. The Morgan fingerprint density at radius 3 is 2.33 bits per heavy atom. The van der Waals surface area contributed by atoms with Crippen LogP contribution >= 0.6 is 0 Å². The Bertz CT molecular complexity index is 809. The second kappa shape index (κ2) is 8.98. The first kappa shape index (κ1) is 19.9. The Kier molecular flexibility index (Phi) is 5.95. The molecule has 0 amide bonds. The molecule has 30 heavy (non-hydrogen) atoms. The van der Waals surface area contributed by atoms with Crippen LogP contribution < -0.4 is 4.74 Å². The van der Waals surface area contributed by atoms with Crippen LogP contribution in [0.3, 0.4) is 0 Å². The first-order chi connectivity index (χ1) is 14.7. The summed E-state index contributed by atoms with van der Waals surface area (Å²) < 4.78 is 24.1. The van der Waals surface area contributed by atoms with Crippen LogP contribution in [0.5, 0.6) is 11.6 Å². The molecule has 0 bridgehead atoms. The summed E-state index contributed by atoms with van der Waals surface area (Å²) in [6.07, 6.45) is 6.08. The first-order valence-electron chi connectivity index (χ1n) is 11.3. The van der Waals surface area contributed by atoms with E-state index in [0.717, 1.165) is 43.1 Å². The predicted molar refractivity (Wildman–Crippen MR) is 112 cm³/mol. The molecule has 1 saturated carbocycles. The van der Waals surface area contributed by atoms with E-state index in [2.05, 4.69) is 15.1 Å². The molecule has 0 N–H and O–H groups in total. The lowest BCUT2D eigenvalue weighted by Crippen LogP contribution is -2.31. The predicted octanol–water partition coefficient (Wildman–Crippen LogP) is 4.34. The largest absolute Gasteiger partial charge is 0.438 e. The molecule has 1 aromatic carbocycles. The molecule has 2 aliphatic heterocycles. The summed E-state index contributed by atoms with van der Waals surface area (Å²) in [5.74, 6) is 3.97. The molecule has 3 heterocycles. The van der Waals surface area contributed by atoms with Gasteiger partial charge in [-0.25, -0.2) is 4.39 Å². The van der Waals surface area contributed by atoms with E-state index < -0.39 is 0 Å². The molecule has 5 nitrogen and oxygen atoms in total. The lowest BCUT2D eigenvalue weighted by Gasteiger charge is -2.27. The van der Waals surface area contributed by atoms with Crippen LogP contribution in [0.2, 0.25) is 0 Å². The van der Waals surface area contributed by atoms with Gasteiger partial charge in [-0.2, -0.15) is 5.10 Å². The van der Waals surface area contributed by atoms with Gasteiger partial charge in [0.15, 0.2) is 0 Å². The molecule has 0 spiro atoms. The van der Waals surface area contributed by atoms with E-state index in [9.17, 15) is 4.39 Å². The molecule has 1 aromatic heterocycles. The third kappa shape index (κ3) is 4.81. The van der Waals surface area contributed by atoms with Crippen molar-refractivity contribution in [2.75, 3.05) is 32.8 Å². The first-order valence-corrected chi connectivity index (χ1v) is 11.3. The number of fused-ring (bicyclic) bond motifs is 1. The smallest absolute Gasteiger partial charge is 0.238 e. The van der Waals surface area contributed by atoms with Gasteiger partial charge in [0.1, 0.15) is 11.6 Å². The zero-order chi connectivity index (χ0) is 20.3. The average molecular weight is 412 g/mol. The Morgan fingerprint density at radius 1 is 0.933 bits per heavy atom. The average Bonchev–Trinajstić information content (AvgIpc) is 3.30. The molecule has 5 rings (SSSR count). The minimum absolute atomic E-state index is 0.281. The summed E-state index contributed by atoms with van der Waals surface area (Å²) in [5.41, 5.74) is 1.03. The van der Waals surface area contributed by atoms with Crippen LogP contribution in [0, 0.1) is 29.5 Å². The van der Waals surface area contributed by atoms with Crippen LogP contribution in [0.4, 0.5) is 4.39 Å². The Labute approximate surface area is 177 Å². The number of halogens is 1. The molecule has 1 aliphatic carbocycles. The summed E-state index contributed by atoms with van der Waals surface area (Å²) in [4.78, 5) is 2.71. The van der Waals surface area contributed by atoms with Gasteiger partial charge in [0.2, 0.25) is 5.88 Å². The highest BCUT2D eigenvalue weighted by molar-refractivity contribution is 5.27. The van der Waals surface area contributed by atoms with Gasteiger partial charge >= 0.3 is 0 Å². The summed E-state index contributed by atoms with van der Waals surface area (Å²) in [6.45, 7) is 5.70. The molecule has 6 heteroatoms. The Hall–Kier alpha value is -2.05. The van der Waals surface area contributed by atoms with Crippen molar-refractivity contribution < 1.29 is 13.9 Å². The van der Waals surface area contributed by atoms with Crippen LogP contribution in [0.1, 0.15) is 31.4 Å². The number of aromatic nitrogens is 2. The highest BCUT2D eigenvalue weighted by Gasteiger charge is 2.41.